The summed E-state index contributed by atoms with van der Waals surface area (Å²) >= 11 is 9.37. The number of anilines is 2. The molecule has 3 aliphatic rings. The highest BCUT2D eigenvalue weighted by molar-refractivity contribution is 9.10. The molecule has 2 aromatic carbocycles. The van der Waals surface area contributed by atoms with Crippen molar-refractivity contribution in [3.63, 3.8) is 0 Å². The summed E-state index contributed by atoms with van der Waals surface area (Å²) in [4.78, 5) is 52.2. The van der Waals surface area contributed by atoms with Gasteiger partial charge in [0, 0.05) is 4.47 Å². The number of hydrogen-bond donors (Lipinski definition) is 1. The average Bonchev–Trinajstić information content (AvgIpc) is 3.44. The monoisotopic (exact) mass is 542 g/mol. The number of hydrogen-bond acceptors (Lipinski definition) is 5. The van der Waals surface area contributed by atoms with E-state index in [4.69, 9.17) is 16.3 Å². The first-order chi connectivity index (χ1) is 16.2. The molecule has 1 saturated heterocycles. The van der Waals surface area contributed by atoms with Gasteiger partial charge >= 0.3 is 5.97 Å². The van der Waals surface area contributed by atoms with Crippen molar-refractivity contribution in [1.82, 2.24) is 0 Å². The number of amides is 3. The third-order valence-corrected chi connectivity index (χ3v) is 7.57. The Morgan fingerprint density at radius 2 is 1.91 bits per heavy atom. The molecule has 1 N–H and O–H groups in total. The Bertz CT molecular complexity index is 1280. The predicted molar refractivity (Wildman–Crippen MR) is 129 cm³/mol. The highest BCUT2D eigenvalue weighted by Gasteiger charge is 2.60. The molecule has 2 bridgehead atoms. The average molecular weight is 544 g/mol. The van der Waals surface area contributed by atoms with Gasteiger partial charge < -0.3 is 10.1 Å². The Hall–Kier alpha value is -2.97. The van der Waals surface area contributed by atoms with Gasteiger partial charge in [0.25, 0.3) is 5.91 Å². The summed E-state index contributed by atoms with van der Waals surface area (Å²) in [6.45, 7) is 1.49. The first kappa shape index (κ1) is 22.8. The fourth-order valence-corrected chi connectivity index (χ4v) is 6.01. The molecule has 5 rings (SSSR count). The topological polar surface area (TPSA) is 92.8 Å². The number of carbonyl (C=O) groups is 4. The van der Waals surface area contributed by atoms with Crippen LogP contribution in [0.2, 0.25) is 5.02 Å². The molecule has 2 aliphatic carbocycles. The van der Waals surface area contributed by atoms with Crippen LogP contribution in [0.15, 0.2) is 58.6 Å². The summed E-state index contributed by atoms with van der Waals surface area (Å²) in [5.41, 5.74) is 2.04. The van der Waals surface area contributed by atoms with Crippen molar-refractivity contribution >= 4 is 62.6 Å². The van der Waals surface area contributed by atoms with E-state index >= 15 is 0 Å². The van der Waals surface area contributed by atoms with Gasteiger partial charge in [-0.15, -0.1) is 0 Å². The Kier molecular flexibility index (Phi) is 5.81. The Morgan fingerprint density at radius 1 is 1.15 bits per heavy atom. The van der Waals surface area contributed by atoms with Crippen molar-refractivity contribution < 1.29 is 23.9 Å². The molecule has 3 amide bonds. The van der Waals surface area contributed by atoms with Crippen molar-refractivity contribution in [2.24, 2.45) is 23.7 Å². The van der Waals surface area contributed by atoms with Crippen molar-refractivity contribution in [3.8, 4) is 0 Å². The van der Waals surface area contributed by atoms with Gasteiger partial charge in [-0.25, -0.2) is 9.69 Å². The van der Waals surface area contributed by atoms with E-state index < -0.39 is 18.5 Å². The normalized spacial score (nSPS) is 24.8. The number of carbonyl (C=O) groups excluding carboxylic acids is 4. The van der Waals surface area contributed by atoms with E-state index in [-0.39, 0.29) is 41.0 Å². The molecule has 0 spiro atoms. The highest BCUT2D eigenvalue weighted by atomic mass is 79.9. The van der Waals surface area contributed by atoms with E-state index in [9.17, 15) is 19.2 Å². The van der Waals surface area contributed by atoms with Gasteiger partial charge in [-0.3, -0.25) is 14.4 Å². The smallest absolute Gasteiger partial charge is 0.338 e. The maximum atomic E-state index is 13.1. The number of halogens is 2. The van der Waals surface area contributed by atoms with Crippen molar-refractivity contribution in [2.45, 2.75) is 13.3 Å². The summed E-state index contributed by atoms with van der Waals surface area (Å²) in [5.74, 6) is -2.17. The lowest BCUT2D eigenvalue weighted by Gasteiger charge is -2.19. The summed E-state index contributed by atoms with van der Waals surface area (Å²) in [6.07, 6.45) is 2.97. The van der Waals surface area contributed by atoms with E-state index in [1.165, 1.54) is 22.6 Å². The summed E-state index contributed by atoms with van der Waals surface area (Å²) in [5, 5.41) is 2.92. The SMILES string of the molecule is CC1=C[C@H]2C[C@H]1[C@H]1C(=O)N(c3cccc(C(=O)OCC(=O)Nc4ccc(Br)cc4Cl)c3)C(=O)[C@@H]12. The fraction of sp³-hybridized carbons (Fsp3) is 0.280. The minimum absolute atomic E-state index is 0.0994. The predicted octanol–water partition coefficient (Wildman–Crippen LogP) is 4.60. The number of imide groups is 1. The van der Waals surface area contributed by atoms with Crippen molar-refractivity contribution in [2.75, 3.05) is 16.8 Å². The second-order valence-corrected chi connectivity index (χ2v) is 10.1. The van der Waals surface area contributed by atoms with E-state index in [0.717, 1.165) is 10.9 Å². The lowest BCUT2D eigenvalue weighted by molar-refractivity contribution is -0.123. The molecule has 34 heavy (non-hydrogen) atoms. The molecule has 1 saturated carbocycles. The Morgan fingerprint density at radius 3 is 2.68 bits per heavy atom. The minimum Gasteiger partial charge on any atom is -0.452 e. The molecule has 9 heteroatoms. The zero-order valence-corrected chi connectivity index (χ0v) is 20.4. The number of benzene rings is 2. The summed E-state index contributed by atoms with van der Waals surface area (Å²) in [7, 11) is 0. The van der Waals surface area contributed by atoms with E-state index in [1.807, 2.05) is 6.92 Å². The lowest BCUT2D eigenvalue weighted by atomic mass is 9.82. The first-order valence-electron chi connectivity index (χ1n) is 10.8. The first-order valence-corrected chi connectivity index (χ1v) is 12.0. The molecule has 1 aliphatic heterocycles. The standard InChI is InChI=1S/C25H20BrClN2O5/c1-12-7-14-9-17(12)22-21(14)23(31)29(24(22)32)16-4-2-3-13(8-16)25(33)34-11-20(30)28-19-6-5-15(26)10-18(19)27/h2-8,10,14,17,21-22H,9,11H2,1H3,(H,28,30)/t14-,17+,21+,22+/m0/s1. The molecular formula is C25H20BrClN2O5. The van der Waals surface area contributed by atoms with Gasteiger partial charge in [-0.05, 0) is 61.6 Å². The molecule has 2 aromatic rings. The van der Waals surface area contributed by atoms with E-state index in [2.05, 4.69) is 27.3 Å². The number of fused-ring (bicyclic) bond motifs is 5. The Balaban J connectivity index is 1.25. The third kappa shape index (κ3) is 3.84. The van der Waals surface area contributed by atoms with Crippen LogP contribution in [0, 0.1) is 23.7 Å². The van der Waals surface area contributed by atoms with E-state index in [1.54, 1.807) is 30.3 Å². The zero-order chi connectivity index (χ0) is 24.1. The molecule has 0 radical (unpaired) electrons. The number of ether oxygens (including phenoxy) is 1. The van der Waals surface area contributed by atoms with Crippen molar-refractivity contribution in [1.29, 1.82) is 0 Å². The van der Waals surface area contributed by atoms with Crippen LogP contribution in [-0.2, 0) is 19.1 Å². The van der Waals surface area contributed by atoms with Crippen LogP contribution >= 0.6 is 27.5 Å². The molecule has 174 valence electrons. The largest absolute Gasteiger partial charge is 0.452 e. The van der Waals surface area contributed by atoms with Crippen molar-refractivity contribution in [3.05, 3.63) is 69.2 Å². The van der Waals surface area contributed by atoms with Crippen LogP contribution in [0.4, 0.5) is 11.4 Å². The van der Waals surface area contributed by atoms with Crippen LogP contribution < -0.4 is 10.2 Å². The van der Waals surface area contributed by atoms with Crippen LogP contribution in [0.5, 0.6) is 0 Å². The third-order valence-electron chi connectivity index (χ3n) is 6.76. The summed E-state index contributed by atoms with van der Waals surface area (Å²) < 4.78 is 5.89. The van der Waals surface area contributed by atoms with Crippen LogP contribution in [0.1, 0.15) is 23.7 Å². The number of nitrogens with one attached hydrogen (secondary N) is 1. The minimum atomic E-state index is -0.740. The molecule has 2 fully saturated rings. The second-order valence-electron chi connectivity index (χ2n) is 8.78. The summed E-state index contributed by atoms with van der Waals surface area (Å²) in [6, 6.07) is 11.1. The van der Waals surface area contributed by atoms with Gasteiger partial charge in [0.15, 0.2) is 6.61 Å². The maximum Gasteiger partial charge on any atom is 0.338 e. The number of rotatable bonds is 5. The highest BCUT2D eigenvalue weighted by Crippen LogP contribution is 2.55. The number of esters is 1. The fourth-order valence-electron chi connectivity index (χ4n) is 5.29. The molecule has 7 nitrogen and oxygen atoms in total. The zero-order valence-electron chi connectivity index (χ0n) is 18.1. The molecular weight excluding hydrogens is 524 g/mol. The number of nitrogens with zero attached hydrogens (tertiary/aromatic N) is 1. The van der Waals surface area contributed by atoms with Crippen LogP contribution in [0.3, 0.4) is 0 Å². The maximum absolute atomic E-state index is 13.1. The lowest BCUT2D eigenvalue weighted by Crippen LogP contribution is -2.33. The van der Waals surface area contributed by atoms with Gasteiger partial charge in [0.2, 0.25) is 11.8 Å². The molecule has 4 atom stereocenters. The quantitative estimate of drug-likeness (QED) is 0.338. The van der Waals surface area contributed by atoms with Crippen LogP contribution in [-0.4, -0.2) is 30.3 Å². The van der Waals surface area contributed by atoms with Crippen LogP contribution in [0.25, 0.3) is 0 Å². The van der Waals surface area contributed by atoms with Gasteiger partial charge in [-0.1, -0.05) is 45.2 Å². The molecule has 1 heterocycles. The van der Waals surface area contributed by atoms with Gasteiger partial charge in [0.1, 0.15) is 0 Å². The van der Waals surface area contributed by atoms with Gasteiger partial charge in [-0.2, -0.15) is 0 Å². The second kappa shape index (κ2) is 8.67. The van der Waals surface area contributed by atoms with E-state index in [0.29, 0.717) is 16.4 Å². The number of allylic oxidation sites excluding steroid dienone is 2. The Labute approximate surface area is 209 Å². The molecule has 0 unspecified atom stereocenters. The van der Waals surface area contributed by atoms with Gasteiger partial charge in [0.05, 0.1) is 33.8 Å². The molecule has 0 aromatic heterocycles.